The van der Waals surface area contributed by atoms with E-state index in [2.05, 4.69) is 31.1 Å². The lowest BCUT2D eigenvalue weighted by atomic mass is 9.92. The summed E-state index contributed by atoms with van der Waals surface area (Å²) in [6.07, 6.45) is 9.34. The number of fused-ring (bicyclic) bond motifs is 4. The largest absolute Gasteiger partial charge is 0.508 e. The lowest BCUT2D eigenvalue weighted by molar-refractivity contribution is 0.380. The van der Waals surface area contributed by atoms with Gasteiger partial charge in [-0.25, -0.2) is 8.78 Å². The molecular weight excluding hydrogens is 464 g/mol. The minimum Gasteiger partial charge on any atom is -0.508 e. The minimum atomic E-state index is -0.876. The number of benzene rings is 2. The third kappa shape index (κ3) is 3.48. The molecule has 36 heavy (non-hydrogen) atoms. The molecule has 2 aliphatic rings. The fourth-order valence-corrected chi connectivity index (χ4v) is 5.51. The quantitative estimate of drug-likeness (QED) is 0.420. The Bertz CT molecular complexity index is 1560. The van der Waals surface area contributed by atoms with E-state index >= 15 is 0 Å². The van der Waals surface area contributed by atoms with Crippen LogP contribution in [0.1, 0.15) is 24.0 Å². The Balaban J connectivity index is 1.62. The summed E-state index contributed by atoms with van der Waals surface area (Å²) in [6.45, 7) is 0.628. The van der Waals surface area contributed by atoms with Crippen LogP contribution >= 0.6 is 0 Å². The van der Waals surface area contributed by atoms with Gasteiger partial charge in [0.05, 0.1) is 12.7 Å². The molecule has 0 spiro atoms. The lowest BCUT2D eigenvalue weighted by Crippen LogP contribution is -2.51. The fourth-order valence-electron chi connectivity index (χ4n) is 5.51. The number of piperazine rings is 1. The van der Waals surface area contributed by atoms with Crippen molar-refractivity contribution in [3.63, 3.8) is 0 Å². The highest BCUT2D eigenvalue weighted by atomic mass is 19.1. The van der Waals surface area contributed by atoms with Crippen LogP contribution in [0.25, 0.3) is 32.9 Å². The number of aromatic nitrogens is 3. The predicted octanol–water partition coefficient (Wildman–Crippen LogP) is 4.09. The molecule has 2 saturated heterocycles. The van der Waals surface area contributed by atoms with Gasteiger partial charge in [0, 0.05) is 47.9 Å². The van der Waals surface area contributed by atoms with Crippen molar-refractivity contribution in [3.8, 4) is 35.2 Å². The van der Waals surface area contributed by atoms with E-state index in [-0.39, 0.29) is 22.9 Å². The summed E-state index contributed by atoms with van der Waals surface area (Å²) in [5, 5.41) is 14.9. The zero-order valence-electron chi connectivity index (χ0n) is 19.6. The Kier molecular flexibility index (Phi) is 5.34. The summed E-state index contributed by atoms with van der Waals surface area (Å²) in [6, 6.07) is 6.53. The van der Waals surface area contributed by atoms with Crippen LogP contribution in [-0.4, -0.2) is 52.3 Å². The van der Waals surface area contributed by atoms with E-state index in [0.29, 0.717) is 50.8 Å². The number of pyridine rings is 1. The Hall–Kier alpha value is -4.03. The molecule has 0 amide bonds. The number of hydrogen-bond donors (Lipinski definition) is 2. The third-order valence-corrected chi connectivity index (χ3v) is 7.10. The minimum absolute atomic E-state index is 0.0321. The van der Waals surface area contributed by atoms with Gasteiger partial charge in [-0.2, -0.15) is 9.97 Å². The number of nitrogens with one attached hydrogen (secondary N) is 1. The average molecular weight is 488 g/mol. The SMILES string of the molecule is C#Cc1c(F)ccc2cc(O)cc(-c3cnc4c(N5CC6CCC(C5)N6)nc(OC)nc4c3CF)c12. The van der Waals surface area contributed by atoms with Gasteiger partial charge in [0.15, 0.2) is 5.82 Å². The molecule has 2 atom stereocenters. The molecule has 2 fully saturated rings. The van der Waals surface area contributed by atoms with Crippen LogP contribution in [0.5, 0.6) is 11.8 Å². The molecule has 2 aromatic heterocycles. The second kappa shape index (κ2) is 8.57. The van der Waals surface area contributed by atoms with Gasteiger partial charge in [-0.05, 0) is 42.0 Å². The van der Waals surface area contributed by atoms with Gasteiger partial charge >= 0.3 is 6.01 Å². The van der Waals surface area contributed by atoms with Crippen molar-refractivity contribution in [2.24, 2.45) is 0 Å². The number of phenolic OH excluding ortho intramolecular Hbond substituents is 1. The second-order valence-corrected chi connectivity index (χ2v) is 9.22. The molecular formula is C27H23F2N5O2. The van der Waals surface area contributed by atoms with Crippen molar-refractivity contribution in [3.05, 3.63) is 47.4 Å². The summed E-state index contributed by atoms with van der Waals surface area (Å²) < 4.78 is 34.8. The average Bonchev–Trinajstić information content (AvgIpc) is 3.23. The lowest BCUT2D eigenvalue weighted by Gasteiger charge is -2.34. The number of methoxy groups -OCH3 is 1. The summed E-state index contributed by atoms with van der Waals surface area (Å²) in [7, 11) is 1.46. The molecule has 2 aliphatic heterocycles. The highest BCUT2D eigenvalue weighted by Gasteiger charge is 2.34. The maximum atomic E-state index is 14.8. The number of nitrogens with zero attached hydrogens (tertiary/aromatic N) is 4. The molecule has 4 heterocycles. The monoisotopic (exact) mass is 487 g/mol. The summed E-state index contributed by atoms with van der Waals surface area (Å²) >= 11 is 0. The topological polar surface area (TPSA) is 83.4 Å². The molecule has 2 bridgehead atoms. The van der Waals surface area contributed by atoms with Crippen LogP contribution in [-0.2, 0) is 6.67 Å². The third-order valence-electron chi connectivity index (χ3n) is 7.10. The van der Waals surface area contributed by atoms with E-state index in [9.17, 15) is 13.9 Å². The Morgan fingerprint density at radius 3 is 2.64 bits per heavy atom. The van der Waals surface area contributed by atoms with E-state index in [1.165, 1.54) is 37.6 Å². The number of ether oxygens (including phenoxy) is 1. The molecule has 2 unspecified atom stereocenters. The van der Waals surface area contributed by atoms with Gasteiger partial charge in [-0.1, -0.05) is 12.0 Å². The van der Waals surface area contributed by atoms with Crippen LogP contribution in [0.15, 0.2) is 30.5 Å². The predicted molar refractivity (Wildman–Crippen MR) is 133 cm³/mol. The zero-order valence-corrected chi connectivity index (χ0v) is 19.6. The van der Waals surface area contributed by atoms with Gasteiger partial charge in [-0.3, -0.25) is 4.98 Å². The Labute approximate surface area is 206 Å². The summed E-state index contributed by atoms with van der Waals surface area (Å²) in [5.41, 5.74) is 1.77. The van der Waals surface area contributed by atoms with Gasteiger partial charge in [0.2, 0.25) is 0 Å². The first kappa shape index (κ1) is 22.4. The first-order valence-corrected chi connectivity index (χ1v) is 11.7. The first-order valence-electron chi connectivity index (χ1n) is 11.7. The van der Waals surface area contributed by atoms with Gasteiger partial charge in [0.1, 0.15) is 29.3 Å². The first-order chi connectivity index (χ1) is 17.5. The van der Waals surface area contributed by atoms with Crippen molar-refractivity contribution in [1.82, 2.24) is 20.3 Å². The molecule has 182 valence electrons. The molecule has 6 rings (SSSR count). The number of rotatable bonds is 4. The van der Waals surface area contributed by atoms with Crippen molar-refractivity contribution < 1.29 is 18.6 Å². The number of alkyl halides is 1. The van der Waals surface area contributed by atoms with E-state index in [0.717, 1.165) is 25.9 Å². The smallest absolute Gasteiger partial charge is 0.318 e. The van der Waals surface area contributed by atoms with E-state index in [1.54, 1.807) is 0 Å². The van der Waals surface area contributed by atoms with Crippen LogP contribution in [0.4, 0.5) is 14.6 Å². The van der Waals surface area contributed by atoms with Crippen molar-refractivity contribution in [1.29, 1.82) is 0 Å². The highest BCUT2D eigenvalue weighted by Crippen LogP contribution is 2.40. The van der Waals surface area contributed by atoms with Crippen LogP contribution in [0.2, 0.25) is 0 Å². The zero-order chi connectivity index (χ0) is 25.0. The van der Waals surface area contributed by atoms with Crippen LogP contribution in [0, 0.1) is 18.2 Å². The Morgan fingerprint density at radius 2 is 1.94 bits per heavy atom. The summed E-state index contributed by atoms with van der Waals surface area (Å²) in [5.74, 6) is 2.35. The number of anilines is 1. The van der Waals surface area contributed by atoms with E-state index in [1.807, 2.05) is 0 Å². The van der Waals surface area contributed by atoms with Crippen molar-refractivity contribution in [2.45, 2.75) is 31.6 Å². The van der Waals surface area contributed by atoms with Gasteiger partial charge in [0.25, 0.3) is 0 Å². The fraction of sp³-hybridized carbons (Fsp3) is 0.296. The number of halogens is 2. The molecule has 2 N–H and O–H groups in total. The highest BCUT2D eigenvalue weighted by molar-refractivity contribution is 6.04. The van der Waals surface area contributed by atoms with Crippen LogP contribution in [0.3, 0.4) is 0 Å². The van der Waals surface area contributed by atoms with Crippen molar-refractivity contribution >= 4 is 27.6 Å². The molecule has 7 nitrogen and oxygen atoms in total. The maximum absolute atomic E-state index is 14.8. The number of aromatic hydroxyl groups is 1. The molecule has 9 heteroatoms. The van der Waals surface area contributed by atoms with E-state index < -0.39 is 12.5 Å². The van der Waals surface area contributed by atoms with Crippen molar-refractivity contribution in [2.75, 3.05) is 25.1 Å². The molecule has 0 saturated carbocycles. The van der Waals surface area contributed by atoms with Crippen LogP contribution < -0.4 is 15.0 Å². The molecule has 4 aromatic rings. The number of terminal acetylenes is 1. The Morgan fingerprint density at radius 1 is 1.17 bits per heavy atom. The van der Waals surface area contributed by atoms with Gasteiger partial charge in [-0.15, -0.1) is 6.42 Å². The molecule has 0 aliphatic carbocycles. The second-order valence-electron chi connectivity index (χ2n) is 9.22. The summed E-state index contributed by atoms with van der Waals surface area (Å²) in [4.78, 5) is 15.9. The van der Waals surface area contributed by atoms with Gasteiger partial charge < -0.3 is 20.1 Å². The van der Waals surface area contributed by atoms with E-state index in [4.69, 9.17) is 11.2 Å². The molecule has 2 aromatic carbocycles. The molecule has 0 radical (unpaired) electrons. The normalized spacial score (nSPS) is 19.1. The maximum Gasteiger partial charge on any atom is 0.318 e. The standard InChI is InChI=1S/C27H23F2N5O2/c1-3-18-22(29)7-4-14-8-17(35)9-19(23(14)18)21-11-30-25-24(20(21)10-28)32-27(36-2)33-26(25)34-12-15-5-6-16(13-34)31-15/h1,4,7-9,11,15-16,31,35H,5-6,10,12-13H2,2H3. The number of phenols is 1. The number of hydrogen-bond acceptors (Lipinski definition) is 7.